The Morgan fingerprint density at radius 1 is 1.29 bits per heavy atom. The van der Waals surface area contributed by atoms with Gasteiger partial charge in [-0.25, -0.2) is 4.79 Å². The first kappa shape index (κ1) is 11.1. The van der Waals surface area contributed by atoms with Crippen molar-refractivity contribution in [3.05, 3.63) is 53.9 Å². The smallest absolute Gasteiger partial charge is 0.337 e. The third kappa shape index (κ3) is 2.60. The van der Waals surface area contributed by atoms with Crippen molar-refractivity contribution in [2.75, 3.05) is 5.32 Å². The van der Waals surface area contributed by atoms with E-state index in [4.69, 9.17) is 5.11 Å². The molecular formula is C13H12N2O2. The highest BCUT2D eigenvalue weighted by molar-refractivity contribution is 5.88. The molecule has 0 saturated heterocycles. The van der Waals surface area contributed by atoms with Crippen LogP contribution in [0.1, 0.15) is 16.1 Å². The van der Waals surface area contributed by atoms with E-state index in [1.165, 1.54) is 6.20 Å². The molecule has 1 aromatic heterocycles. The second kappa shape index (κ2) is 4.65. The molecule has 0 atom stereocenters. The van der Waals surface area contributed by atoms with E-state index in [2.05, 4.69) is 10.3 Å². The topological polar surface area (TPSA) is 62.2 Å². The van der Waals surface area contributed by atoms with Crippen LogP contribution in [0.3, 0.4) is 0 Å². The van der Waals surface area contributed by atoms with Gasteiger partial charge in [0, 0.05) is 11.9 Å². The molecule has 2 rings (SSSR count). The number of anilines is 2. The number of aryl methyl sites for hydroxylation is 1. The number of hydrogen-bond acceptors (Lipinski definition) is 3. The van der Waals surface area contributed by atoms with Crippen LogP contribution in [0.15, 0.2) is 42.6 Å². The van der Waals surface area contributed by atoms with Crippen molar-refractivity contribution in [1.29, 1.82) is 0 Å². The maximum absolute atomic E-state index is 10.8. The van der Waals surface area contributed by atoms with Crippen molar-refractivity contribution >= 4 is 17.3 Å². The molecule has 1 heterocycles. The number of pyridine rings is 1. The highest BCUT2D eigenvalue weighted by atomic mass is 16.4. The average Bonchev–Trinajstić information content (AvgIpc) is 2.33. The molecule has 2 aromatic rings. The van der Waals surface area contributed by atoms with Crippen LogP contribution in [0.4, 0.5) is 11.4 Å². The van der Waals surface area contributed by atoms with Crippen molar-refractivity contribution in [2.45, 2.75) is 6.92 Å². The van der Waals surface area contributed by atoms with E-state index in [0.717, 1.165) is 11.4 Å². The molecule has 0 aliphatic carbocycles. The van der Waals surface area contributed by atoms with Gasteiger partial charge in [0.25, 0.3) is 0 Å². The summed E-state index contributed by atoms with van der Waals surface area (Å²) in [5.41, 5.74) is 2.55. The Balaban J connectivity index is 2.32. The quantitative estimate of drug-likeness (QED) is 0.847. The summed E-state index contributed by atoms with van der Waals surface area (Å²) in [7, 11) is 0. The van der Waals surface area contributed by atoms with Gasteiger partial charge in [0.05, 0.1) is 16.9 Å². The summed E-state index contributed by atoms with van der Waals surface area (Å²) in [6.07, 6.45) is 1.36. The monoisotopic (exact) mass is 228 g/mol. The maximum Gasteiger partial charge on any atom is 0.337 e. The minimum Gasteiger partial charge on any atom is -0.478 e. The number of carbonyl (C=O) groups is 1. The lowest BCUT2D eigenvalue weighted by Crippen LogP contribution is -2.01. The lowest BCUT2D eigenvalue weighted by molar-refractivity contribution is 0.0696. The fourth-order valence-electron chi connectivity index (χ4n) is 1.45. The maximum atomic E-state index is 10.8. The molecule has 0 fully saturated rings. The highest BCUT2D eigenvalue weighted by Gasteiger charge is 2.07. The molecule has 0 unspecified atom stereocenters. The van der Waals surface area contributed by atoms with Crippen molar-refractivity contribution in [3.8, 4) is 0 Å². The van der Waals surface area contributed by atoms with Crippen LogP contribution in [0, 0.1) is 6.92 Å². The second-order valence-electron chi connectivity index (χ2n) is 3.65. The summed E-state index contributed by atoms with van der Waals surface area (Å²) in [5, 5.41) is 12.0. The normalized spacial score (nSPS) is 9.94. The Bertz CT molecular complexity index is 538. The summed E-state index contributed by atoms with van der Waals surface area (Å²) in [5.74, 6) is -0.978. The number of nitrogens with zero attached hydrogens (tertiary/aromatic N) is 1. The molecule has 2 N–H and O–H groups in total. The Morgan fingerprint density at radius 2 is 2.00 bits per heavy atom. The van der Waals surface area contributed by atoms with Gasteiger partial charge in [0.2, 0.25) is 0 Å². The number of aromatic nitrogens is 1. The third-order valence-corrected chi connectivity index (χ3v) is 2.39. The molecule has 0 radical (unpaired) electrons. The molecule has 0 aliphatic rings. The van der Waals surface area contributed by atoms with E-state index in [1.807, 2.05) is 37.3 Å². The van der Waals surface area contributed by atoms with Crippen LogP contribution in [0.2, 0.25) is 0 Å². The number of nitrogens with one attached hydrogen (secondary N) is 1. The fourth-order valence-corrected chi connectivity index (χ4v) is 1.45. The predicted molar refractivity (Wildman–Crippen MR) is 65.7 cm³/mol. The number of carboxylic acids is 1. The summed E-state index contributed by atoms with van der Waals surface area (Å²) < 4.78 is 0. The number of hydrogen-bond donors (Lipinski definition) is 2. The van der Waals surface area contributed by atoms with E-state index in [-0.39, 0.29) is 5.56 Å². The van der Waals surface area contributed by atoms with Gasteiger partial charge in [0.1, 0.15) is 0 Å². The molecular weight excluding hydrogens is 216 g/mol. The number of aromatic carboxylic acids is 1. The second-order valence-corrected chi connectivity index (χ2v) is 3.65. The molecule has 0 bridgehead atoms. The van der Waals surface area contributed by atoms with Crippen LogP contribution < -0.4 is 5.32 Å². The Hall–Kier alpha value is -2.36. The number of benzene rings is 1. The summed E-state index contributed by atoms with van der Waals surface area (Å²) >= 11 is 0. The van der Waals surface area contributed by atoms with Crippen LogP contribution >= 0.6 is 0 Å². The number of para-hydroxylation sites is 1. The lowest BCUT2D eigenvalue weighted by atomic mass is 10.2. The van der Waals surface area contributed by atoms with Gasteiger partial charge in [-0.1, -0.05) is 18.2 Å². The van der Waals surface area contributed by atoms with E-state index in [1.54, 1.807) is 6.07 Å². The summed E-state index contributed by atoms with van der Waals surface area (Å²) in [6, 6.07) is 11.1. The van der Waals surface area contributed by atoms with Crippen LogP contribution in [-0.4, -0.2) is 16.1 Å². The van der Waals surface area contributed by atoms with Gasteiger partial charge in [-0.15, -0.1) is 0 Å². The van der Waals surface area contributed by atoms with E-state index < -0.39 is 5.97 Å². The summed E-state index contributed by atoms with van der Waals surface area (Å²) in [4.78, 5) is 14.9. The molecule has 1 aromatic carbocycles. The molecule has 86 valence electrons. The summed E-state index contributed by atoms with van der Waals surface area (Å²) in [6.45, 7) is 1.83. The van der Waals surface area contributed by atoms with Crippen molar-refractivity contribution < 1.29 is 9.90 Å². The first-order valence-corrected chi connectivity index (χ1v) is 5.19. The Morgan fingerprint density at radius 3 is 2.65 bits per heavy atom. The van der Waals surface area contributed by atoms with Gasteiger partial charge in [-0.2, -0.15) is 0 Å². The zero-order valence-corrected chi connectivity index (χ0v) is 9.34. The lowest BCUT2D eigenvalue weighted by Gasteiger charge is -2.09. The zero-order chi connectivity index (χ0) is 12.3. The standard InChI is InChI=1S/C13H12N2O2/c1-9-12(7-10(8-14-9)13(16)17)15-11-5-3-2-4-6-11/h2-8,15H,1H3,(H,16,17). The first-order valence-electron chi connectivity index (χ1n) is 5.19. The number of carboxylic acid groups (broad SMARTS) is 1. The third-order valence-electron chi connectivity index (χ3n) is 2.39. The van der Waals surface area contributed by atoms with Crippen LogP contribution in [-0.2, 0) is 0 Å². The van der Waals surface area contributed by atoms with Crippen molar-refractivity contribution in [2.24, 2.45) is 0 Å². The fraction of sp³-hybridized carbons (Fsp3) is 0.0769. The van der Waals surface area contributed by atoms with Gasteiger partial charge in [-0.3, -0.25) is 4.98 Å². The van der Waals surface area contributed by atoms with Crippen LogP contribution in [0.25, 0.3) is 0 Å². The van der Waals surface area contributed by atoms with Crippen molar-refractivity contribution in [1.82, 2.24) is 4.98 Å². The molecule has 0 spiro atoms. The van der Waals surface area contributed by atoms with Crippen molar-refractivity contribution in [3.63, 3.8) is 0 Å². The predicted octanol–water partition coefficient (Wildman–Crippen LogP) is 2.83. The molecule has 4 nitrogen and oxygen atoms in total. The van der Waals surface area contributed by atoms with Gasteiger partial charge in [0.15, 0.2) is 0 Å². The van der Waals surface area contributed by atoms with E-state index >= 15 is 0 Å². The zero-order valence-electron chi connectivity index (χ0n) is 9.34. The van der Waals surface area contributed by atoms with Gasteiger partial charge < -0.3 is 10.4 Å². The molecule has 0 saturated carbocycles. The molecule has 17 heavy (non-hydrogen) atoms. The van der Waals surface area contributed by atoms with E-state index in [0.29, 0.717) is 5.69 Å². The highest BCUT2D eigenvalue weighted by Crippen LogP contribution is 2.19. The van der Waals surface area contributed by atoms with Gasteiger partial charge in [-0.05, 0) is 25.1 Å². The Kier molecular flexibility index (Phi) is 3.05. The molecule has 0 aliphatic heterocycles. The van der Waals surface area contributed by atoms with Crippen LogP contribution in [0.5, 0.6) is 0 Å². The average molecular weight is 228 g/mol. The minimum atomic E-state index is -0.978. The van der Waals surface area contributed by atoms with E-state index in [9.17, 15) is 4.79 Å². The Labute approximate surface area is 98.9 Å². The number of rotatable bonds is 3. The molecule has 4 heteroatoms. The minimum absolute atomic E-state index is 0.175. The largest absolute Gasteiger partial charge is 0.478 e. The molecule has 0 amide bonds. The van der Waals surface area contributed by atoms with Gasteiger partial charge >= 0.3 is 5.97 Å². The SMILES string of the molecule is Cc1ncc(C(=O)O)cc1Nc1ccccc1. The first-order chi connectivity index (χ1) is 8.16.